The van der Waals surface area contributed by atoms with Crippen LogP contribution in [0.15, 0.2) is 59.1 Å². The van der Waals surface area contributed by atoms with Crippen molar-refractivity contribution in [1.82, 2.24) is 0 Å². The molecule has 8 aliphatic carbocycles. The predicted molar refractivity (Wildman–Crippen MR) is 240 cm³/mol. The van der Waals surface area contributed by atoms with E-state index < -0.39 is 0 Å². The number of nitrogens with zero attached hydrogens (tertiary/aromatic N) is 1. The van der Waals surface area contributed by atoms with E-state index in [4.69, 9.17) is 4.99 Å². The average Bonchev–Trinajstić information content (AvgIpc) is 4.11. The van der Waals surface area contributed by atoms with Crippen LogP contribution < -0.4 is 0 Å². The molecule has 8 heteroatoms. The summed E-state index contributed by atoms with van der Waals surface area (Å²) in [7, 11) is 0. The zero-order valence-electron chi connectivity index (χ0n) is 33.1. The van der Waals surface area contributed by atoms with E-state index in [0.717, 1.165) is 59.2 Å². The second kappa shape index (κ2) is 12.7. The van der Waals surface area contributed by atoms with E-state index in [2.05, 4.69) is 12.1 Å². The Kier molecular flexibility index (Phi) is 7.68. The normalized spacial score (nSPS) is 27.5. The van der Waals surface area contributed by atoms with E-state index in [1.54, 1.807) is 28.2 Å². The van der Waals surface area contributed by atoms with Crippen LogP contribution in [0.4, 0.5) is 5.00 Å². The van der Waals surface area contributed by atoms with Crippen LogP contribution >= 0.6 is 34.0 Å². The molecular weight excluding hydrogens is 787 g/mol. The largest absolute Gasteiger partial charge is 0.292 e. The minimum absolute atomic E-state index is 0.0147. The number of fused-ring (bicyclic) bond motifs is 14. The van der Waals surface area contributed by atoms with Crippen LogP contribution in [0, 0.1) is 23.7 Å². The van der Waals surface area contributed by atoms with Crippen LogP contribution in [0.5, 0.6) is 0 Å². The Balaban J connectivity index is 0.909. The van der Waals surface area contributed by atoms with Crippen molar-refractivity contribution in [2.24, 2.45) is 28.7 Å². The van der Waals surface area contributed by atoms with Gasteiger partial charge in [-0.15, -0.1) is 34.0 Å². The molecule has 0 radical (unpaired) electrons. The summed E-state index contributed by atoms with van der Waals surface area (Å²) in [5, 5.41) is 2.79. The molecule has 0 saturated heterocycles. The first-order chi connectivity index (χ1) is 28.8. The van der Waals surface area contributed by atoms with E-state index in [1.165, 1.54) is 100 Å². The van der Waals surface area contributed by atoms with Crippen molar-refractivity contribution < 1.29 is 19.2 Å². The fourth-order valence-corrected chi connectivity index (χ4v) is 18.0. The lowest BCUT2D eigenvalue weighted by Crippen LogP contribution is -2.35. The van der Waals surface area contributed by atoms with Crippen molar-refractivity contribution in [1.29, 1.82) is 0 Å². The summed E-state index contributed by atoms with van der Waals surface area (Å²) in [6, 6.07) is 16.2. The molecule has 13 rings (SSSR count). The third kappa shape index (κ3) is 4.80. The standard InChI is InChI=1S/C51H45NO4S3/c53-43-31-19-26-11-3-4-12-27(26)20-32(31)44(54)35(43)23-30-24-37-48(57-30)41-49(58-37)40-39(51(41)17-9-2-10-18-51)47-36(50(40)15-7-1-8-16-50)25-38(59-47)52-42-45(55)33-21-28-13-5-6-14-29(28)22-34(33)46(42)56/h3-4,11-12,19-20,23-25,28-29,33-34H,1-2,5-10,13-18,21-22H2. The van der Waals surface area contributed by atoms with E-state index in [1.807, 2.05) is 53.8 Å². The zero-order chi connectivity index (χ0) is 39.4. The van der Waals surface area contributed by atoms with Crippen LogP contribution in [0.3, 0.4) is 0 Å². The van der Waals surface area contributed by atoms with Gasteiger partial charge in [-0.2, -0.15) is 0 Å². The molecule has 4 atom stereocenters. The van der Waals surface area contributed by atoms with Crippen LogP contribution in [-0.2, 0) is 20.4 Å². The number of carbonyl (C=O) groups is 4. The molecule has 59 heavy (non-hydrogen) atoms. The number of hydrogen-bond acceptors (Lipinski definition) is 8. The van der Waals surface area contributed by atoms with Crippen LogP contribution in [0.2, 0.25) is 0 Å². The van der Waals surface area contributed by atoms with Gasteiger partial charge < -0.3 is 0 Å². The Morgan fingerprint density at radius 1 is 0.627 bits per heavy atom. The van der Waals surface area contributed by atoms with Crippen molar-refractivity contribution in [3.8, 4) is 0 Å². The predicted octanol–water partition coefficient (Wildman–Crippen LogP) is 13.0. The Hall–Kier alpha value is -4.11. The first-order valence-corrected chi connectivity index (χ1v) is 24.8. The summed E-state index contributed by atoms with van der Waals surface area (Å²) in [5.41, 5.74) is 7.37. The van der Waals surface area contributed by atoms with Gasteiger partial charge in [0.15, 0.2) is 28.8 Å². The summed E-state index contributed by atoms with van der Waals surface area (Å²) < 4.78 is 2.58. The fourth-order valence-electron chi connectivity index (χ4n) is 13.7. The molecule has 0 amide bonds. The highest BCUT2D eigenvalue weighted by atomic mass is 32.1. The molecule has 5 aromatic rings. The maximum Gasteiger partial charge on any atom is 0.197 e. The molecule has 3 heterocycles. The molecule has 0 N–H and O–H groups in total. The van der Waals surface area contributed by atoms with Gasteiger partial charge in [0, 0.05) is 53.1 Å². The molecule has 3 aromatic heterocycles. The van der Waals surface area contributed by atoms with Crippen LogP contribution in [-0.4, -0.2) is 28.8 Å². The SMILES string of the molecule is O=C1C(=Cc2cc3sc4c(c3s2)C2(CCCCC2)C2=C4C3(CCCCC3)c3cc(N=C4C(=O)C5CC6CCCCC6CC5C4=O)sc32)C(=O)c2cc3ccccc3cc21. The lowest BCUT2D eigenvalue weighted by Gasteiger charge is -2.39. The number of thiophene rings is 3. The molecule has 2 aromatic carbocycles. The number of hydrogen-bond donors (Lipinski definition) is 0. The average molecular weight is 832 g/mol. The first kappa shape index (κ1) is 35.6. The second-order valence-corrected chi connectivity index (χ2v) is 22.3. The molecular formula is C51H45NO4S3. The Labute approximate surface area is 355 Å². The summed E-state index contributed by atoms with van der Waals surface area (Å²) in [5.74, 6) is 0.515. The van der Waals surface area contributed by atoms with Gasteiger partial charge in [-0.3, -0.25) is 19.2 Å². The van der Waals surface area contributed by atoms with Crippen molar-refractivity contribution in [2.45, 2.75) is 114 Å². The maximum atomic E-state index is 14.0. The van der Waals surface area contributed by atoms with Gasteiger partial charge in [-0.1, -0.05) is 88.5 Å². The van der Waals surface area contributed by atoms with Gasteiger partial charge in [0.25, 0.3) is 0 Å². The Morgan fingerprint density at radius 2 is 1.22 bits per heavy atom. The number of Topliss-reactive ketones (excluding diaryl/α,β-unsaturated/α-hetero) is 4. The Bertz CT molecular complexity index is 2770. The maximum absolute atomic E-state index is 14.0. The molecule has 296 valence electrons. The zero-order valence-corrected chi connectivity index (χ0v) is 35.6. The van der Waals surface area contributed by atoms with Gasteiger partial charge in [0.05, 0.1) is 10.3 Å². The van der Waals surface area contributed by atoms with E-state index >= 15 is 0 Å². The van der Waals surface area contributed by atoms with Crippen molar-refractivity contribution >= 4 is 105 Å². The number of ketones is 4. The highest BCUT2D eigenvalue weighted by Gasteiger charge is 2.59. The quantitative estimate of drug-likeness (QED) is 0.131. The molecule has 0 aliphatic heterocycles. The van der Waals surface area contributed by atoms with E-state index in [-0.39, 0.29) is 57.1 Å². The lowest BCUT2D eigenvalue weighted by atomic mass is 9.64. The summed E-state index contributed by atoms with van der Waals surface area (Å²) in [6.07, 6.45) is 20.2. The van der Waals surface area contributed by atoms with Crippen molar-refractivity contribution in [2.75, 3.05) is 0 Å². The van der Waals surface area contributed by atoms with Gasteiger partial charge in [0.2, 0.25) is 0 Å². The van der Waals surface area contributed by atoms with Gasteiger partial charge in [-0.25, -0.2) is 4.99 Å². The van der Waals surface area contributed by atoms with Crippen molar-refractivity contribution in [3.05, 3.63) is 91.0 Å². The van der Waals surface area contributed by atoms with Crippen LogP contribution in [0.1, 0.15) is 149 Å². The Morgan fingerprint density at radius 3 is 1.85 bits per heavy atom. The molecule has 5 nitrogen and oxygen atoms in total. The number of carbonyl (C=O) groups excluding carboxylic acids is 4. The summed E-state index contributed by atoms with van der Waals surface area (Å²) in [4.78, 5) is 64.5. The van der Waals surface area contributed by atoms with Gasteiger partial charge >= 0.3 is 0 Å². The highest BCUT2D eigenvalue weighted by molar-refractivity contribution is 7.29. The fraction of sp³-hybridized carbons (Fsp3) is 0.431. The second-order valence-electron chi connectivity index (χ2n) is 19.2. The highest BCUT2D eigenvalue weighted by Crippen LogP contribution is 2.73. The van der Waals surface area contributed by atoms with Gasteiger partial charge in [-0.05, 0) is 114 Å². The molecule has 2 spiro atoms. The number of aliphatic imine (C=N–C) groups is 1. The molecule has 5 saturated carbocycles. The molecule has 5 fully saturated rings. The third-order valence-electron chi connectivity index (χ3n) is 16.4. The number of benzene rings is 2. The number of rotatable bonds is 2. The minimum atomic E-state index is -0.177. The minimum Gasteiger partial charge on any atom is -0.292 e. The third-order valence-corrected chi connectivity index (χ3v) is 19.8. The molecule has 4 unspecified atom stereocenters. The number of allylic oxidation sites excluding steroid dienone is 3. The molecule has 0 bridgehead atoms. The van der Waals surface area contributed by atoms with E-state index in [9.17, 15) is 19.2 Å². The summed E-state index contributed by atoms with van der Waals surface area (Å²) in [6.45, 7) is 0. The molecule has 8 aliphatic rings. The van der Waals surface area contributed by atoms with Gasteiger partial charge in [0.1, 0.15) is 5.00 Å². The topological polar surface area (TPSA) is 80.6 Å². The first-order valence-electron chi connectivity index (χ1n) is 22.3. The van der Waals surface area contributed by atoms with Crippen LogP contribution in [0.25, 0.3) is 37.4 Å². The van der Waals surface area contributed by atoms with E-state index in [0.29, 0.717) is 23.0 Å². The van der Waals surface area contributed by atoms with Crippen molar-refractivity contribution in [3.63, 3.8) is 0 Å². The monoisotopic (exact) mass is 831 g/mol. The lowest BCUT2D eigenvalue weighted by molar-refractivity contribution is -0.123. The summed E-state index contributed by atoms with van der Waals surface area (Å²) >= 11 is 5.44. The smallest absolute Gasteiger partial charge is 0.197 e.